The summed E-state index contributed by atoms with van der Waals surface area (Å²) in [5.41, 5.74) is 5.17. The molecule has 0 fully saturated rings. The number of urea groups is 1. The zero-order chi connectivity index (χ0) is 12.1. The zero-order valence-electron chi connectivity index (χ0n) is 8.83. The first-order valence-corrected chi connectivity index (χ1v) is 4.73. The third-order valence-electron chi connectivity index (χ3n) is 2.07. The van der Waals surface area contributed by atoms with Crippen LogP contribution in [-0.4, -0.2) is 28.6 Å². The van der Waals surface area contributed by atoms with Gasteiger partial charge in [-0.3, -0.25) is 9.69 Å². The van der Waals surface area contributed by atoms with Gasteiger partial charge in [-0.25, -0.2) is 9.78 Å². The highest BCUT2D eigenvalue weighted by Crippen LogP contribution is 2.11. The number of carboxylic acids is 1. The number of carbonyl (C=O) groups excluding carboxylic acids is 1. The molecule has 6 nitrogen and oxygen atoms in total. The normalized spacial score (nSPS) is 11.8. The zero-order valence-corrected chi connectivity index (χ0v) is 8.83. The Bertz CT molecular complexity index is 380. The summed E-state index contributed by atoms with van der Waals surface area (Å²) in [6.45, 7) is 1.50. The van der Waals surface area contributed by atoms with Gasteiger partial charge >= 0.3 is 12.0 Å². The Hall–Kier alpha value is -2.11. The van der Waals surface area contributed by atoms with E-state index in [0.29, 0.717) is 5.82 Å². The van der Waals surface area contributed by atoms with Crippen LogP contribution in [0.2, 0.25) is 0 Å². The summed E-state index contributed by atoms with van der Waals surface area (Å²) < 4.78 is 0. The predicted octanol–water partition coefficient (Wildman–Crippen LogP) is 0.687. The lowest BCUT2D eigenvalue weighted by molar-refractivity contribution is -0.140. The number of aromatic nitrogens is 1. The van der Waals surface area contributed by atoms with Gasteiger partial charge in [0.05, 0.1) is 5.92 Å². The summed E-state index contributed by atoms with van der Waals surface area (Å²) in [5, 5.41) is 8.76. The van der Waals surface area contributed by atoms with E-state index in [1.54, 1.807) is 18.2 Å². The van der Waals surface area contributed by atoms with Crippen molar-refractivity contribution >= 4 is 17.8 Å². The van der Waals surface area contributed by atoms with Gasteiger partial charge in [0.2, 0.25) is 0 Å². The maximum absolute atomic E-state index is 11.2. The van der Waals surface area contributed by atoms with Crippen molar-refractivity contribution in [2.24, 2.45) is 11.7 Å². The molecule has 0 spiro atoms. The Morgan fingerprint density at radius 1 is 1.56 bits per heavy atom. The lowest BCUT2D eigenvalue weighted by Gasteiger charge is -2.21. The summed E-state index contributed by atoms with van der Waals surface area (Å²) in [4.78, 5) is 26.9. The van der Waals surface area contributed by atoms with Gasteiger partial charge in [-0.15, -0.1) is 0 Å². The van der Waals surface area contributed by atoms with Gasteiger partial charge < -0.3 is 10.8 Å². The predicted molar refractivity (Wildman–Crippen MR) is 58.0 cm³/mol. The fourth-order valence-corrected chi connectivity index (χ4v) is 1.16. The minimum Gasteiger partial charge on any atom is -0.481 e. The maximum atomic E-state index is 11.2. The molecule has 1 atom stereocenters. The molecular weight excluding hydrogens is 210 g/mol. The fraction of sp³-hybridized carbons (Fsp3) is 0.300. The van der Waals surface area contributed by atoms with E-state index < -0.39 is 17.9 Å². The summed E-state index contributed by atoms with van der Waals surface area (Å²) in [6, 6.07) is 4.28. The first kappa shape index (κ1) is 12.0. The molecule has 3 N–H and O–H groups in total. The minimum atomic E-state index is -0.984. The van der Waals surface area contributed by atoms with Gasteiger partial charge in [0.15, 0.2) is 0 Å². The second-order valence-electron chi connectivity index (χ2n) is 3.38. The Morgan fingerprint density at radius 2 is 2.25 bits per heavy atom. The van der Waals surface area contributed by atoms with Crippen molar-refractivity contribution in [1.82, 2.24) is 4.98 Å². The molecule has 0 radical (unpaired) electrons. The van der Waals surface area contributed by atoms with Crippen LogP contribution < -0.4 is 10.6 Å². The van der Waals surface area contributed by atoms with Crippen molar-refractivity contribution in [3.63, 3.8) is 0 Å². The number of amides is 2. The third kappa shape index (κ3) is 2.94. The standard InChI is InChI=1S/C10H13N3O3/c1-7(9(14)15)6-13(10(11)16)8-4-2-3-5-12-8/h2-5,7H,6H2,1H3,(H2,11,16)(H,14,15). The number of anilines is 1. The molecule has 0 bridgehead atoms. The highest BCUT2D eigenvalue weighted by atomic mass is 16.4. The van der Waals surface area contributed by atoms with Gasteiger partial charge in [0.25, 0.3) is 0 Å². The Morgan fingerprint density at radius 3 is 2.69 bits per heavy atom. The number of primary amides is 1. The van der Waals surface area contributed by atoms with E-state index in [-0.39, 0.29) is 6.54 Å². The van der Waals surface area contributed by atoms with E-state index in [9.17, 15) is 9.59 Å². The van der Waals surface area contributed by atoms with Crippen molar-refractivity contribution in [1.29, 1.82) is 0 Å². The number of hydrogen-bond donors (Lipinski definition) is 2. The molecule has 6 heteroatoms. The number of hydrogen-bond acceptors (Lipinski definition) is 3. The lowest BCUT2D eigenvalue weighted by atomic mass is 10.2. The molecule has 1 aromatic heterocycles. The third-order valence-corrected chi connectivity index (χ3v) is 2.07. The minimum absolute atomic E-state index is 0.00167. The number of nitrogens with two attached hydrogens (primary N) is 1. The van der Waals surface area contributed by atoms with Gasteiger partial charge in [0, 0.05) is 12.7 Å². The van der Waals surface area contributed by atoms with Crippen LogP contribution in [0.25, 0.3) is 0 Å². The number of aliphatic carboxylic acids is 1. The molecule has 2 amide bonds. The Balaban J connectivity index is 2.85. The average molecular weight is 223 g/mol. The number of carboxylic acid groups (broad SMARTS) is 1. The van der Waals surface area contributed by atoms with Crippen molar-refractivity contribution in [2.45, 2.75) is 6.92 Å². The van der Waals surface area contributed by atoms with Crippen LogP contribution in [0.5, 0.6) is 0 Å². The van der Waals surface area contributed by atoms with Crippen molar-refractivity contribution in [3.05, 3.63) is 24.4 Å². The number of pyridine rings is 1. The van der Waals surface area contributed by atoms with Gasteiger partial charge in [-0.1, -0.05) is 13.0 Å². The molecule has 86 valence electrons. The lowest BCUT2D eigenvalue weighted by Crippen LogP contribution is -2.40. The second kappa shape index (κ2) is 5.11. The van der Waals surface area contributed by atoms with Crippen molar-refractivity contribution in [2.75, 3.05) is 11.4 Å². The Kier molecular flexibility index (Phi) is 3.82. The van der Waals surface area contributed by atoms with E-state index in [4.69, 9.17) is 10.8 Å². The summed E-state index contributed by atoms with van der Waals surface area (Å²) in [7, 11) is 0. The second-order valence-corrected chi connectivity index (χ2v) is 3.38. The first-order chi connectivity index (χ1) is 7.52. The molecular formula is C10H13N3O3. The molecule has 0 saturated carbocycles. The summed E-state index contributed by atoms with van der Waals surface area (Å²) >= 11 is 0. The van der Waals surface area contributed by atoms with Crippen LogP contribution in [0.4, 0.5) is 10.6 Å². The summed E-state index contributed by atoms with van der Waals surface area (Å²) in [6.07, 6.45) is 1.51. The van der Waals surface area contributed by atoms with Crippen LogP contribution in [-0.2, 0) is 4.79 Å². The van der Waals surface area contributed by atoms with E-state index in [1.807, 2.05) is 0 Å². The molecule has 0 aliphatic carbocycles. The maximum Gasteiger partial charge on any atom is 0.320 e. The molecule has 1 rings (SSSR count). The van der Waals surface area contributed by atoms with Gasteiger partial charge in [-0.2, -0.15) is 0 Å². The van der Waals surface area contributed by atoms with Crippen LogP contribution >= 0.6 is 0 Å². The number of nitrogens with zero attached hydrogens (tertiary/aromatic N) is 2. The van der Waals surface area contributed by atoms with Gasteiger partial charge in [-0.05, 0) is 12.1 Å². The first-order valence-electron chi connectivity index (χ1n) is 4.73. The molecule has 1 heterocycles. The molecule has 0 aliphatic rings. The van der Waals surface area contributed by atoms with E-state index in [1.165, 1.54) is 13.1 Å². The molecule has 1 unspecified atom stereocenters. The SMILES string of the molecule is CC(CN(C(N)=O)c1ccccn1)C(=O)O. The topological polar surface area (TPSA) is 96.5 Å². The monoisotopic (exact) mass is 223 g/mol. The van der Waals surface area contributed by atoms with E-state index in [0.717, 1.165) is 4.90 Å². The van der Waals surface area contributed by atoms with Gasteiger partial charge in [0.1, 0.15) is 5.82 Å². The fourth-order valence-electron chi connectivity index (χ4n) is 1.16. The van der Waals surface area contributed by atoms with Crippen LogP contribution in [0, 0.1) is 5.92 Å². The average Bonchev–Trinajstić information content (AvgIpc) is 2.26. The van der Waals surface area contributed by atoms with E-state index in [2.05, 4.69) is 4.98 Å². The number of carbonyl (C=O) groups is 2. The molecule has 0 aliphatic heterocycles. The van der Waals surface area contributed by atoms with Crippen molar-refractivity contribution in [3.8, 4) is 0 Å². The Labute approximate surface area is 92.7 Å². The smallest absolute Gasteiger partial charge is 0.320 e. The quantitative estimate of drug-likeness (QED) is 0.784. The highest BCUT2D eigenvalue weighted by Gasteiger charge is 2.20. The van der Waals surface area contributed by atoms with Crippen molar-refractivity contribution < 1.29 is 14.7 Å². The van der Waals surface area contributed by atoms with E-state index >= 15 is 0 Å². The molecule has 16 heavy (non-hydrogen) atoms. The van der Waals surface area contributed by atoms with Crippen LogP contribution in [0.3, 0.4) is 0 Å². The summed E-state index contributed by atoms with van der Waals surface area (Å²) in [5.74, 6) is -1.33. The molecule has 1 aromatic rings. The number of rotatable bonds is 4. The largest absolute Gasteiger partial charge is 0.481 e. The highest BCUT2D eigenvalue weighted by molar-refractivity contribution is 5.90. The molecule has 0 aromatic carbocycles. The van der Waals surface area contributed by atoms with Crippen LogP contribution in [0.1, 0.15) is 6.92 Å². The van der Waals surface area contributed by atoms with Crippen LogP contribution in [0.15, 0.2) is 24.4 Å². The molecule has 0 saturated heterocycles.